The molecule has 250 valence electrons. The minimum atomic E-state index is -1.24. The van der Waals surface area contributed by atoms with Crippen molar-refractivity contribution in [2.45, 2.75) is 32.6 Å². The van der Waals surface area contributed by atoms with Crippen molar-refractivity contribution in [2.24, 2.45) is 0 Å². The van der Waals surface area contributed by atoms with Crippen LogP contribution >= 0.6 is 22.7 Å². The SMILES string of the molecule is [C-]#[N+]/C(=C\c1ccc(-c2ccc(N(c3ccc(OCCCCCC)cc3)c3ccc(-c4ccc(/C=C(\C#N)OC=O)s4)cc3)cc2)s1)C(=O)O. The van der Waals surface area contributed by atoms with Gasteiger partial charge in [-0.3, -0.25) is 9.59 Å². The van der Waals surface area contributed by atoms with Crippen LogP contribution < -0.4 is 9.64 Å². The minimum absolute atomic E-state index is 0.0675. The molecule has 0 amide bonds. The lowest BCUT2D eigenvalue weighted by Gasteiger charge is -2.26. The van der Waals surface area contributed by atoms with Crippen LogP contribution in [-0.2, 0) is 14.3 Å². The van der Waals surface area contributed by atoms with E-state index in [0.29, 0.717) is 11.5 Å². The molecule has 10 heteroatoms. The third-order valence-corrected chi connectivity index (χ3v) is 9.77. The molecule has 0 saturated heterocycles. The first-order valence-electron chi connectivity index (χ1n) is 15.9. The van der Waals surface area contributed by atoms with Crippen LogP contribution in [0.5, 0.6) is 5.75 Å². The van der Waals surface area contributed by atoms with Crippen LogP contribution in [0.15, 0.2) is 109 Å². The number of rotatable bonds is 16. The van der Waals surface area contributed by atoms with Gasteiger partial charge in [0, 0.05) is 42.6 Å². The Kier molecular flexibility index (Phi) is 12.3. The summed E-state index contributed by atoms with van der Waals surface area (Å²) in [6.45, 7) is 10.2. The average Bonchev–Trinajstić information content (AvgIpc) is 3.82. The number of nitrogens with zero attached hydrogens (tertiary/aromatic N) is 3. The van der Waals surface area contributed by atoms with Gasteiger partial charge in [0.25, 0.3) is 12.2 Å². The molecule has 0 spiro atoms. The van der Waals surface area contributed by atoms with Crippen LogP contribution in [-0.4, -0.2) is 24.2 Å². The van der Waals surface area contributed by atoms with Crippen LogP contribution in [0.25, 0.3) is 37.9 Å². The van der Waals surface area contributed by atoms with Crippen LogP contribution in [0.4, 0.5) is 17.1 Å². The van der Waals surface area contributed by atoms with Crippen molar-refractivity contribution in [1.29, 1.82) is 5.26 Å². The van der Waals surface area contributed by atoms with Crippen molar-refractivity contribution in [3.63, 3.8) is 0 Å². The molecule has 1 N–H and O–H groups in total. The molecule has 0 atom stereocenters. The molecule has 0 aliphatic carbocycles. The van der Waals surface area contributed by atoms with Gasteiger partial charge in [0.2, 0.25) is 5.76 Å². The number of hydrogen-bond donors (Lipinski definition) is 1. The number of carboxylic acids is 1. The summed E-state index contributed by atoms with van der Waals surface area (Å²) in [4.78, 5) is 30.7. The molecule has 0 bridgehead atoms. The Morgan fingerprint density at radius 3 is 1.84 bits per heavy atom. The fourth-order valence-electron chi connectivity index (χ4n) is 5.13. The fourth-order valence-corrected chi connectivity index (χ4v) is 7.03. The van der Waals surface area contributed by atoms with E-state index in [2.05, 4.69) is 28.8 Å². The summed E-state index contributed by atoms with van der Waals surface area (Å²) in [6.07, 6.45) is 7.49. The maximum atomic E-state index is 11.3. The van der Waals surface area contributed by atoms with E-state index < -0.39 is 5.97 Å². The zero-order chi connectivity index (χ0) is 35.3. The highest BCUT2D eigenvalue weighted by atomic mass is 32.1. The predicted molar refractivity (Wildman–Crippen MR) is 200 cm³/mol. The van der Waals surface area contributed by atoms with E-state index in [1.807, 2.05) is 91.0 Å². The fraction of sp³-hybridized carbons (Fsp3) is 0.150. The molecular formula is C40H33N3O5S2. The molecular weight excluding hydrogens is 667 g/mol. The number of hydrogen-bond acceptors (Lipinski definition) is 8. The normalized spacial score (nSPS) is 11.3. The first-order chi connectivity index (χ1) is 24.4. The van der Waals surface area contributed by atoms with Crippen LogP contribution in [0.1, 0.15) is 42.4 Å². The van der Waals surface area contributed by atoms with Crippen molar-refractivity contribution in [1.82, 2.24) is 0 Å². The molecule has 0 fully saturated rings. The largest absolute Gasteiger partial charge is 0.494 e. The van der Waals surface area contributed by atoms with E-state index in [0.717, 1.165) is 61.4 Å². The Labute approximate surface area is 299 Å². The van der Waals surface area contributed by atoms with Crippen molar-refractivity contribution < 1.29 is 24.2 Å². The summed E-state index contributed by atoms with van der Waals surface area (Å²) < 4.78 is 10.7. The monoisotopic (exact) mass is 699 g/mol. The minimum Gasteiger partial charge on any atom is -0.494 e. The summed E-state index contributed by atoms with van der Waals surface area (Å²) >= 11 is 2.91. The lowest BCUT2D eigenvalue weighted by Crippen LogP contribution is -2.10. The molecule has 5 aromatic rings. The van der Waals surface area contributed by atoms with Gasteiger partial charge < -0.3 is 19.5 Å². The van der Waals surface area contributed by atoms with Gasteiger partial charge in [-0.25, -0.2) is 4.85 Å². The Morgan fingerprint density at radius 2 is 1.36 bits per heavy atom. The first-order valence-corrected chi connectivity index (χ1v) is 17.5. The maximum absolute atomic E-state index is 11.3. The predicted octanol–water partition coefficient (Wildman–Crippen LogP) is 11.0. The Morgan fingerprint density at radius 1 is 0.820 bits per heavy atom. The van der Waals surface area contributed by atoms with Gasteiger partial charge in [-0.05, 0) is 96.4 Å². The summed E-state index contributed by atoms with van der Waals surface area (Å²) in [5, 5.41) is 18.4. The van der Waals surface area contributed by atoms with Crippen LogP contribution in [0, 0.1) is 17.9 Å². The van der Waals surface area contributed by atoms with E-state index in [9.17, 15) is 20.0 Å². The second-order valence-corrected chi connectivity index (χ2v) is 13.2. The third-order valence-electron chi connectivity index (χ3n) is 7.61. The second kappa shape index (κ2) is 17.5. The molecule has 0 radical (unpaired) electrons. The van der Waals surface area contributed by atoms with Crippen molar-refractivity contribution in [3.8, 4) is 32.7 Å². The number of thiophene rings is 2. The van der Waals surface area contributed by atoms with E-state index in [-0.39, 0.29) is 17.9 Å². The second-order valence-electron chi connectivity index (χ2n) is 11.0. The number of carboxylic acid groups (broad SMARTS) is 1. The maximum Gasteiger partial charge on any atom is 0.333 e. The summed E-state index contributed by atoms with van der Waals surface area (Å²) in [5.74, 6) is -0.489. The van der Waals surface area contributed by atoms with Gasteiger partial charge in [-0.15, -0.1) is 22.7 Å². The van der Waals surface area contributed by atoms with Gasteiger partial charge in [0.1, 0.15) is 11.8 Å². The number of ether oxygens (including phenoxy) is 2. The Balaban J connectivity index is 1.42. The summed E-state index contributed by atoms with van der Waals surface area (Å²) in [5.41, 5.74) is 4.49. The quantitative estimate of drug-likeness (QED) is 0.0273. The lowest BCUT2D eigenvalue weighted by atomic mass is 10.1. The molecule has 0 aliphatic rings. The molecule has 2 heterocycles. The number of unbranched alkanes of at least 4 members (excludes halogenated alkanes) is 3. The molecule has 5 rings (SSSR count). The molecule has 0 unspecified atom stereocenters. The number of nitriles is 1. The molecule has 0 saturated carbocycles. The summed E-state index contributed by atoms with van der Waals surface area (Å²) in [7, 11) is 0. The average molecular weight is 700 g/mol. The number of carbonyl (C=O) groups excluding carboxylic acids is 1. The van der Waals surface area contributed by atoms with Gasteiger partial charge in [-0.2, -0.15) is 5.26 Å². The highest BCUT2D eigenvalue weighted by molar-refractivity contribution is 7.16. The summed E-state index contributed by atoms with van der Waals surface area (Å²) in [6, 6.07) is 33.9. The zero-order valence-electron chi connectivity index (χ0n) is 27.2. The van der Waals surface area contributed by atoms with Gasteiger partial charge >= 0.3 is 5.97 Å². The number of allylic oxidation sites excluding steroid dienone is 1. The van der Waals surface area contributed by atoms with E-state index in [1.54, 1.807) is 0 Å². The van der Waals surface area contributed by atoms with E-state index in [4.69, 9.17) is 16.0 Å². The molecule has 2 aromatic heterocycles. The zero-order valence-corrected chi connectivity index (χ0v) is 28.9. The number of carbonyl (C=O) groups is 2. The third kappa shape index (κ3) is 9.14. The standard InChI is InChI=1S/C40H33N3O5S2/c1-3-4-5-6-23-47-33-17-15-32(16-18-33)43(30-11-7-28(8-12-30)38-21-19-35(49-38)24-34(26-41)48-27-44)31-13-9-29(10-14-31)39-22-20-36(50-39)25-37(42-2)40(45)46/h7-22,24-25,27H,3-6,23H2,1H3,(H,45,46)/b34-24+,37-25-. The molecule has 50 heavy (non-hydrogen) atoms. The number of anilines is 3. The Bertz CT molecular complexity index is 2060. The van der Waals surface area contributed by atoms with Crippen LogP contribution in [0.2, 0.25) is 0 Å². The molecule has 3 aromatic carbocycles. The van der Waals surface area contributed by atoms with Gasteiger partial charge in [-0.1, -0.05) is 50.5 Å². The highest BCUT2D eigenvalue weighted by Gasteiger charge is 2.15. The Hall–Kier alpha value is -5.94. The van der Waals surface area contributed by atoms with Crippen molar-refractivity contribution in [2.75, 3.05) is 11.5 Å². The topological polar surface area (TPSA) is 104 Å². The highest BCUT2D eigenvalue weighted by Crippen LogP contribution is 2.39. The van der Waals surface area contributed by atoms with Crippen molar-refractivity contribution >= 4 is 64.3 Å². The van der Waals surface area contributed by atoms with Gasteiger partial charge in [0.05, 0.1) is 13.2 Å². The van der Waals surface area contributed by atoms with Crippen molar-refractivity contribution in [3.05, 3.63) is 130 Å². The molecule has 0 aliphatic heterocycles. The van der Waals surface area contributed by atoms with Gasteiger partial charge in [0.15, 0.2) is 0 Å². The van der Waals surface area contributed by atoms with E-state index >= 15 is 0 Å². The first kappa shape index (κ1) is 35.4. The lowest BCUT2D eigenvalue weighted by molar-refractivity contribution is -0.132. The van der Waals surface area contributed by atoms with Crippen LogP contribution in [0.3, 0.4) is 0 Å². The smallest absolute Gasteiger partial charge is 0.333 e. The number of aliphatic carboxylic acids is 1. The number of benzene rings is 3. The van der Waals surface area contributed by atoms with E-state index in [1.165, 1.54) is 47.7 Å². The molecule has 8 nitrogen and oxygen atoms in total.